The Labute approximate surface area is 162 Å². The lowest BCUT2D eigenvalue weighted by Crippen LogP contribution is -2.35. The first kappa shape index (κ1) is 19.6. The molecule has 0 radical (unpaired) electrons. The zero-order chi connectivity index (χ0) is 20.4. The molecule has 2 N–H and O–H groups in total. The Kier molecular flexibility index (Phi) is 5.48. The van der Waals surface area contributed by atoms with Gasteiger partial charge in [-0.1, -0.05) is 13.0 Å². The number of benzene rings is 1. The van der Waals surface area contributed by atoms with Crippen LogP contribution in [0.15, 0.2) is 40.7 Å². The van der Waals surface area contributed by atoms with E-state index >= 15 is 0 Å². The van der Waals surface area contributed by atoms with Gasteiger partial charge in [0.1, 0.15) is 0 Å². The standard InChI is InChI=1S/C20H22N2O6/c1-3-12-19(20(25)28-4-2)17(18-13(21-12)6-5-7-16(18)24)11-8-9-15(23)14(10-11)22(26)27/h8-10,17,21,23H,3-7H2,1-2H3. The molecule has 3 rings (SSSR count). The lowest BCUT2D eigenvalue weighted by Gasteiger charge is -2.34. The number of phenolic OH excluding ortho intramolecular Hbond substituents is 1. The first-order valence-corrected chi connectivity index (χ1v) is 9.29. The number of nitrogens with zero attached hydrogens (tertiary/aromatic N) is 1. The molecule has 1 aliphatic heterocycles. The second-order valence-corrected chi connectivity index (χ2v) is 6.70. The number of carbonyl (C=O) groups is 2. The topological polar surface area (TPSA) is 119 Å². The zero-order valence-electron chi connectivity index (χ0n) is 15.8. The predicted octanol–water partition coefficient (Wildman–Crippen LogP) is 3.22. The van der Waals surface area contributed by atoms with Crippen LogP contribution in [-0.2, 0) is 14.3 Å². The average molecular weight is 386 g/mol. The number of ketones is 1. The number of carbonyl (C=O) groups excluding carboxylic acids is 2. The number of nitro groups is 1. The Morgan fingerprint density at radius 1 is 1.36 bits per heavy atom. The van der Waals surface area contributed by atoms with Crippen molar-refractivity contribution in [2.24, 2.45) is 0 Å². The van der Waals surface area contributed by atoms with Crippen molar-refractivity contribution >= 4 is 17.4 Å². The van der Waals surface area contributed by atoms with E-state index in [4.69, 9.17) is 4.74 Å². The second kappa shape index (κ2) is 7.84. The molecule has 0 fully saturated rings. The van der Waals surface area contributed by atoms with Crippen LogP contribution in [0.5, 0.6) is 5.75 Å². The molecule has 0 amide bonds. The number of ether oxygens (including phenoxy) is 1. The molecule has 0 aromatic heterocycles. The number of allylic oxidation sites excluding steroid dienone is 3. The quantitative estimate of drug-likeness (QED) is 0.453. The molecule has 0 spiro atoms. The van der Waals surface area contributed by atoms with Crippen molar-refractivity contribution < 1.29 is 24.4 Å². The van der Waals surface area contributed by atoms with Crippen molar-refractivity contribution in [3.05, 3.63) is 56.4 Å². The second-order valence-electron chi connectivity index (χ2n) is 6.70. The number of aromatic hydroxyl groups is 1. The van der Waals surface area contributed by atoms with Crippen molar-refractivity contribution in [3.8, 4) is 5.75 Å². The highest BCUT2D eigenvalue weighted by Gasteiger charge is 2.40. The zero-order valence-corrected chi connectivity index (χ0v) is 15.8. The Bertz CT molecular complexity index is 915. The van der Waals surface area contributed by atoms with Crippen LogP contribution >= 0.6 is 0 Å². The van der Waals surface area contributed by atoms with Crippen LogP contribution < -0.4 is 5.32 Å². The van der Waals surface area contributed by atoms with E-state index in [0.717, 1.165) is 5.70 Å². The van der Waals surface area contributed by atoms with E-state index in [1.807, 2.05) is 6.92 Å². The van der Waals surface area contributed by atoms with Crippen LogP contribution in [0.2, 0.25) is 0 Å². The highest BCUT2D eigenvalue weighted by Crippen LogP contribution is 2.44. The van der Waals surface area contributed by atoms with E-state index in [1.165, 1.54) is 18.2 Å². The number of nitrogens with one attached hydrogen (secondary N) is 1. The number of phenols is 1. The highest BCUT2D eigenvalue weighted by atomic mass is 16.6. The van der Waals surface area contributed by atoms with E-state index in [0.29, 0.717) is 48.1 Å². The summed E-state index contributed by atoms with van der Waals surface area (Å²) in [7, 11) is 0. The molecule has 2 aliphatic rings. The van der Waals surface area contributed by atoms with Gasteiger partial charge in [-0.2, -0.15) is 0 Å². The van der Waals surface area contributed by atoms with Crippen LogP contribution in [0.1, 0.15) is 51.0 Å². The molecule has 0 bridgehead atoms. The lowest BCUT2D eigenvalue weighted by atomic mass is 9.74. The van der Waals surface area contributed by atoms with Gasteiger partial charge in [-0.15, -0.1) is 0 Å². The van der Waals surface area contributed by atoms with Gasteiger partial charge in [-0.25, -0.2) is 4.79 Å². The minimum absolute atomic E-state index is 0.0913. The molecule has 1 aromatic carbocycles. The summed E-state index contributed by atoms with van der Waals surface area (Å²) >= 11 is 0. The van der Waals surface area contributed by atoms with E-state index < -0.39 is 28.2 Å². The molecular weight excluding hydrogens is 364 g/mol. The largest absolute Gasteiger partial charge is 0.502 e. The number of nitro benzene ring substituents is 1. The lowest BCUT2D eigenvalue weighted by molar-refractivity contribution is -0.385. The van der Waals surface area contributed by atoms with Gasteiger partial charge in [0.05, 0.1) is 17.1 Å². The molecule has 1 aromatic rings. The van der Waals surface area contributed by atoms with Crippen LogP contribution in [0.3, 0.4) is 0 Å². The number of esters is 1. The number of rotatable bonds is 5. The van der Waals surface area contributed by atoms with Crippen LogP contribution in [0.4, 0.5) is 5.69 Å². The Balaban J connectivity index is 2.24. The first-order chi connectivity index (χ1) is 13.4. The predicted molar refractivity (Wildman–Crippen MR) is 100 cm³/mol. The molecular formula is C20H22N2O6. The minimum atomic E-state index is -0.766. The van der Waals surface area contributed by atoms with Gasteiger partial charge in [-0.05, 0) is 37.8 Å². The van der Waals surface area contributed by atoms with Gasteiger partial charge < -0.3 is 15.2 Å². The van der Waals surface area contributed by atoms with Crippen molar-refractivity contribution in [3.63, 3.8) is 0 Å². The molecule has 1 unspecified atom stereocenters. The van der Waals surface area contributed by atoms with Gasteiger partial charge in [-0.3, -0.25) is 14.9 Å². The fourth-order valence-corrected chi connectivity index (χ4v) is 3.82. The minimum Gasteiger partial charge on any atom is -0.502 e. The van der Waals surface area contributed by atoms with Crippen LogP contribution in [-0.4, -0.2) is 28.4 Å². The third-order valence-corrected chi connectivity index (χ3v) is 5.04. The Morgan fingerprint density at radius 2 is 2.11 bits per heavy atom. The summed E-state index contributed by atoms with van der Waals surface area (Å²) in [4.78, 5) is 36.1. The third-order valence-electron chi connectivity index (χ3n) is 5.04. The number of hydrogen-bond donors (Lipinski definition) is 2. The molecule has 1 atom stereocenters. The molecule has 8 heteroatoms. The molecule has 8 nitrogen and oxygen atoms in total. The highest BCUT2D eigenvalue weighted by molar-refractivity contribution is 6.03. The summed E-state index contributed by atoms with van der Waals surface area (Å²) in [6, 6.07) is 3.96. The number of dihydropyridines is 1. The van der Waals surface area contributed by atoms with Gasteiger partial charge in [0.2, 0.25) is 0 Å². The van der Waals surface area contributed by atoms with Gasteiger partial charge in [0, 0.05) is 35.4 Å². The summed E-state index contributed by atoms with van der Waals surface area (Å²) < 4.78 is 5.23. The van der Waals surface area contributed by atoms with Gasteiger partial charge >= 0.3 is 11.7 Å². The van der Waals surface area contributed by atoms with Crippen molar-refractivity contribution in [1.82, 2.24) is 5.32 Å². The molecule has 0 saturated carbocycles. The smallest absolute Gasteiger partial charge is 0.336 e. The maximum atomic E-state index is 12.8. The monoisotopic (exact) mass is 386 g/mol. The summed E-state index contributed by atoms with van der Waals surface area (Å²) in [5, 5.41) is 24.3. The van der Waals surface area contributed by atoms with E-state index in [9.17, 15) is 24.8 Å². The number of Topliss-reactive ketones (excluding diaryl/α,β-unsaturated/α-hetero) is 1. The maximum Gasteiger partial charge on any atom is 0.336 e. The Morgan fingerprint density at radius 3 is 2.75 bits per heavy atom. The van der Waals surface area contributed by atoms with Crippen LogP contribution in [0.25, 0.3) is 0 Å². The average Bonchev–Trinajstić information content (AvgIpc) is 2.67. The summed E-state index contributed by atoms with van der Waals surface area (Å²) in [6.45, 7) is 3.74. The van der Waals surface area contributed by atoms with Crippen LogP contribution in [0, 0.1) is 10.1 Å². The van der Waals surface area contributed by atoms with E-state index in [-0.39, 0.29) is 12.4 Å². The fourth-order valence-electron chi connectivity index (χ4n) is 3.82. The molecule has 28 heavy (non-hydrogen) atoms. The van der Waals surface area contributed by atoms with Gasteiger partial charge in [0.15, 0.2) is 11.5 Å². The SMILES string of the molecule is CCOC(=O)C1=C(CC)NC2=C(C(=O)CCC2)C1c1ccc(O)c([N+](=O)[O-])c1. The van der Waals surface area contributed by atoms with Crippen molar-refractivity contribution in [1.29, 1.82) is 0 Å². The number of hydrogen-bond acceptors (Lipinski definition) is 7. The summed E-state index contributed by atoms with van der Waals surface area (Å²) in [5.41, 5.74) is 2.07. The summed E-state index contributed by atoms with van der Waals surface area (Å²) in [6.07, 6.45) is 2.24. The van der Waals surface area contributed by atoms with E-state index in [1.54, 1.807) is 6.92 Å². The summed E-state index contributed by atoms with van der Waals surface area (Å²) in [5.74, 6) is -1.88. The fraction of sp³-hybridized carbons (Fsp3) is 0.400. The Hall–Kier alpha value is -3.16. The van der Waals surface area contributed by atoms with Crippen molar-refractivity contribution in [2.45, 2.75) is 45.4 Å². The van der Waals surface area contributed by atoms with Gasteiger partial charge in [0.25, 0.3) is 0 Å². The van der Waals surface area contributed by atoms with Crippen molar-refractivity contribution in [2.75, 3.05) is 6.61 Å². The molecule has 0 saturated heterocycles. The molecule has 1 heterocycles. The molecule has 1 aliphatic carbocycles. The molecule has 148 valence electrons. The third kappa shape index (κ3) is 3.37. The maximum absolute atomic E-state index is 12.8. The normalized spacial score (nSPS) is 19.2. The van der Waals surface area contributed by atoms with E-state index in [2.05, 4.69) is 5.32 Å². The first-order valence-electron chi connectivity index (χ1n) is 9.29.